The number of rotatable bonds is 5. The zero-order valence-corrected chi connectivity index (χ0v) is 17.7. The summed E-state index contributed by atoms with van der Waals surface area (Å²) in [4.78, 5) is 6.59. The fourth-order valence-corrected chi connectivity index (χ4v) is 6.60. The fourth-order valence-electron chi connectivity index (χ4n) is 3.66. The van der Waals surface area contributed by atoms with Crippen molar-refractivity contribution >= 4 is 32.5 Å². The van der Waals surface area contributed by atoms with E-state index in [1.54, 1.807) is 44.6 Å². The van der Waals surface area contributed by atoms with Crippen molar-refractivity contribution in [3.05, 3.63) is 53.8 Å². The summed E-state index contributed by atoms with van der Waals surface area (Å²) in [5.74, 6) is 1.38. The van der Waals surface area contributed by atoms with Crippen molar-refractivity contribution in [2.24, 2.45) is 4.99 Å². The lowest BCUT2D eigenvalue weighted by molar-refractivity contribution is 0.403. The molecule has 2 atom stereocenters. The van der Waals surface area contributed by atoms with Gasteiger partial charge < -0.3 is 14.4 Å². The highest BCUT2D eigenvalue weighted by Gasteiger charge is 2.47. The van der Waals surface area contributed by atoms with Crippen molar-refractivity contribution in [1.82, 2.24) is 0 Å². The minimum Gasteiger partial charge on any atom is -0.497 e. The van der Waals surface area contributed by atoms with E-state index in [4.69, 9.17) is 9.47 Å². The number of amidine groups is 1. The Kier molecular flexibility index (Phi) is 5.44. The molecule has 2 heterocycles. The molecule has 0 aromatic heterocycles. The van der Waals surface area contributed by atoms with E-state index in [0.29, 0.717) is 33.7 Å². The number of thioether (sulfide) groups is 1. The van der Waals surface area contributed by atoms with Crippen LogP contribution in [0.15, 0.2) is 47.5 Å². The second-order valence-corrected chi connectivity index (χ2v) is 10.0. The Morgan fingerprint density at radius 3 is 2.69 bits per heavy atom. The second-order valence-electron chi connectivity index (χ2n) is 6.91. The summed E-state index contributed by atoms with van der Waals surface area (Å²) in [5.41, 5.74) is 1.26. The number of benzene rings is 2. The topological polar surface area (TPSA) is 68.2 Å². The average Bonchev–Trinajstić information content (AvgIpc) is 3.17. The highest BCUT2D eigenvalue weighted by atomic mass is 32.2. The van der Waals surface area contributed by atoms with Crippen LogP contribution in [-0.2, 0) is 15.6 Å². The molecule has 0 radical (unpaired) electrons. The summed E-state index contributed by atoms with van der Waals surface area (Å²) in [6.45, 7) is 0. The predicted octanol–water partition coefficient (Wildman–Crippen LogP) is 3.12. The van der Waals surface area contributed by atoms with E-state index >= 15 is 0 Å². The van der Waals surface area contributed by atoms with Crippen LogP contribution in [-0.4, -0.2) is 51.4 Å². The third kappa shape index (κ3) is 3.93. The first-order valence-corrected chi connectivity index (χ1v) is 11.9. The van der Waals surface area contributed by atoms with Crippen LogP contribution < -0.4 is 14.4 Å². The molecule has 4 rings (SSSR count). The Labute approximate surface area is 173 Å². The van der Waals surface area contributed by atoms with Gasteiger partial charge in [-0.3, -0.25) is 4.99 Å². The van der Waals surface area contributed by atoms with E-state index in [1.807, 2.05) is 11.0 Å². The first-order chi connectivity index (χ1) is 13.9. The summed E-state index contributed by atoms with van der Waals surface area (Å²) in [5, 5.41) is 0.657. The molecule has 0 unspecified atom stereocenters. The van der Waals surface area contributed by atoms with Crippen molar-refractivity contribution in [2.45, 2.75) is 17.8 Å². The summed E-state index contributed by atoms with van der Waals surface area (Å²) in [6, 6.07) is 11.3. The normalized spacial score (nSPS) is 22.3. The molecule has 2 aliphatic rings. The molecular weight excluding hydrogens is 415 g/mol. The molecule has 0 saturated carbocycles. The van der Waals surface area contributed by atoms with Gasteiger partial charge in [0.2, 0.25) is 0 Å². The molecule has 0 spiro atoms. The van der Waals surface area contributed by atoms with Crippen LogP contribution in [0.3, 0.4) is 0 Å². The standard InChI is InChI=1S/C20H21FN2O4S2/c1-26-14-7-8-19(27-2)17(9-14)23-18-12-29(24,25)11-16(18)22-20(23)28-10-13-5-3-4-6-15(13)21/h3-9,16,18H,10-12H2,1-2H3/t16-,18-/m0/s1. The lowest BCUT2D eigenvalue weighted by Gasteiger charge is -2.28. The maximum absolute atomic E-state index is 14.1. The van der Waals surface area contributed by atoms with E-state index in [0.717, 1.165) is 0 Å². The summed E-state index contributed by atoms with van der Waals surface area (Å²) < 4.78 is 49.4. The fraction of sp³-hybridized carbons (Fsp3) is 0.350. The van der Waals surface area contributed by atoms with Crippen LogP contribution in [0.25, 0.3) is 0 Å². The summed E-state index contributed by atoms with van der Waals surface area (Å²) in [6.07, 6.45) is 0. The van der Waals surface area contributed by atoms with Gasteiger partial charge in [-0.25, -0.2) is 12.8 Å². The van der Waals surface area contributed by atoms with Gasteiger partial charge in [0.05, 0.1) is 43.5 Å². The summed E-state index contributed by atoms with van der Waals surface area (Å²) in [7, 11) is -0.0362. The minimum absolute atomic E-state index is 0.0181. The zero-order chi connectivity index (χ0) is 20.6. The zero-order valence-electron chi connectivity index (χ0n) is 16.0. The van der Waals surface area contributed by atoms with E-state index in [9.17, 15) is 12.8 Å². The molecule has 0 N–H and O–H groups in total. The second kappa shape index (κ2) is 7.87. The van der Waals surface area contributed by atoms with E-state index in [1.165, 1.54) is 17.8 Å². The number of hydrogen-bond donors (Lipinski definition) is 0. The molecule has 2 aromatic carbocycles. The maximum Gasteiger partial charge on any atom is 0.164 e. The van der Waals surface area contributed by atoms with Gasteiger partial charge in [0.15, 0.2) is 15.0 Å². The number of nitrogens with zero attached hydrogens (tertiary/aromatic N) is 2. The van der Waals surface area contributed by atoms with Crippen LogP contribution >= 0.6 is 11.8 Å². The molecule has 0 aliphatic carbocycles. The average molecular weight is 437 g/mol. The van der Waals surface area contributed by atoms with Crippen LogP contribution in [0.4, 0.5) is 10.1 Å². The Balaban J connectivity index is 1.70. The smallest absolute Gasteiger partial charge is 0.164 e. The molecule has 1 saturated heterocycles. The number of fused-ring (bicyclic) bond motifs is 1. The molecule has 0 bridgehead atoms. The van der Waals surface area contributed by atoms with Gasteiger partial charge in [-0.15, -0.1) is 0 Å². The van der Waals surface area contributed by atoms with Gasteiger partial charge in [-0.05, 0) is 23.8 Å². The van der Waals surface area contributed by atoms with Gasteiger partial charge >= 0.3 is 0 Å². The van der Waals surface area contributed by atoms with Crippen LogP contribution in [0, 0.1) is 5.82 Å². The van der Waals surface area contributed by atoms with Crippen molar-refractivity contribution in [3.63, 3.8) is 0 Å². The van der Waals surface area contributed by atoms with Gasteiger partial charge in [-0.1, -0.05) is 30.0 Å². The molecule has 6 nitrogen and oxygen atoms in total. The first kappa shape index (κ1) is 20.0. The molecule has 2 aliphatic heterocycles. The molecule has 154 valence electrons. The van der Waals surface area contributed by atoms with Gasteiger partial charge in [0.25, 0.3) is 0 Å². The molecule has 29 heavy (non-hydrogen) atoms. The molecule has 1 fully saturated rings. The Morgan fingerprint density at radius 2 is 1.97 bits per heavy atom. The number of hydrogen-bond acceptors (Lipinski definition) is 7. The molecule has 9 heteroatoms. The Morgan fingerprint density at radius 1 is 1.17 bits per heavy atom. The van der Waals surface area contributed by atoms with Crippen LogP contribution in [0.1, 0.15) is 5.56 Å². The lowest BCUT2D eigenvalue weighted by atomic mass is 10.1. The number of anilines is 1. The SMILES string of the molecule is COc1ccc(OC)c(N2C(SCc3ccccc3F)=N[C@H]3CS(=O)(=O)C[C@@H]32)c1. The summed E-state index contributed by atoms with van der Waals surface area (Å²) >= 11 is 1.39. The van der Waals surface area contributed by atoms with Crippen LogP contribution in [0.2, 0.25) is 0 Å². The minimum atomic E-state index is -3.17. The molecule has 2 aromatic rings. The Hall–Kier alpha value is -2.26. The molecule has 0 amide bonds. The highest BCUT2D eigenvalue weighted by molar-refractivity contribution is 8.13. The van der Waals surface area contributed by atoms with E-state index in [-0.39, 0.29) is 29.4 Å². The molecular formula is C20H21FN2O4S2. The van der Waals surface area contributed by atoms with Gasteiger partial charge in [0, 0.05) is 11.8 Å². The van der Waals surface area contributed by atoms with Gasteiger partial charge in [-0.2, -0.15) is 0 Å². The van der Waals surface area contributed by atoms with Crippen molar-refractivity contribution < 1.29 is 22.3 Å². The third-order valence-corrected chi connectivity index (χ3v) is 7.78. The number of sulfone groups is 1. The number of methoxy groups -OCH3 is 2. The van der Waals surface area contributed by atoms with Crippen LogP contribution in [0.5, 0.6) is 11.5 Å². The number of halogens is 1. The predicted molar refractivity (Wildman–Crippen MR) is 113 cm³/mol. The van der Waals surface area contributed by atoms with Crippen molar-refractivity contribution in [3.8, 4) is 11.5 Å². The highest BCUT2D eigenvalue weighted by Crippen LogP contribution is 2.41. The van der Waals surface area contributed by atoms with Crippen molar-refractivity contribution in [2.75, 3.05) is 30.6 Å². The quantitative estimate of drug-likeness (QED) is 0.718. The number of ether oxygens (including phenoxy) is 2. The van der Waals surface area contributed by atoms with Crippen molar-refractivity contribution in [1.29, 1.82) is 0 Å². The lowest BCUT2D eigenvalue weighted by Crippen LogP contribution is -2.39. The first-order valence-electron chi connectivity index (χ1n) is 9.07. The maximum atomic E-state index is 14.1. The van der Waals surface area contributed by atoms with E-state index in [2.05, 4.69) is 4.99 Å². The Bertz CT molecular complexity index is 1060. The van der Waals surface area contributed by atoms with E-state index < -0.39 is 9.84 Å². The van der Waals surface area contributed by atoms with Gasteiger partial charge in [0.1, 0.15) is 17.3 Å². The monoisotopic (exact) mass is 436 g/mol. The largest absolute Gasteiger partial charge is 0.497 e. The number of aliphatic imine (C=N–C) groups is 1. The third-order valence-electron chi connectivity index (χ3n) is 5.07.